The van der Waals surface area contributed by atoms with Crippen LogP contribution >= 0.6 is 13.5 Å². The monoisotopic (exact) mass is 889 g/mol. The van der Waals surface area contributed by atoms with E-state index in [4.69, 9.17) is 23.7 Å². The third kappa shape index (κ3) is 17.5. The molecule has 0 radical (unpaired) electrons. The number of aromatic hydroxyl groups is 1. The number of ether oxygens (including phenoxy) is 5. The minimum absolute atomic E-state index is 0. The smallest absolute Gasteiger partial charge is 0.435 e. The van der Waals surface area contributed by atoms with Gasteiger partial charge in [-0.1, -0.05) is 6.07 Å². The van der Waals surface area contributed by atoms with Crippen molar-refractivity contribution in [1.29, 1.82) is 0 Å². The quantitative estimate of drug-likeness (QED) is 0.204. The Balaban J connectivity index is 0.000000413. The zero-order valence-electron chi connectivity index (χ0n) is 38.5. The molecule has 3 N–H and O–H groups in total. The number of rotatable bonds is 5. The van der Waals surface area contributed by atoms with Crippen molar-refractivity contribution >= 4 is 49.5 Å². The van der Waals surface area contributed by atoms with Crippen molar-refractivity contribution in [3.8, 4) is 22.8 Å². The van der Waals surface area contributed by atoms with E-state index in [0.29, 0.717) is 6.04 Å². The lowest BCUT2D eigenvalue weighted by atomic mass is 9.93. The van der Waals surface area contributed by atoms with Gasteiger partial charge < -0.3 is 44.0 Å². The molecule has 0 bridgehead atoms. The van der Waals surface area contributed by atoms with Crippen molar-refractivity contribution in [3.63, 3.8) is 0 Å². The van der Waals surface area contributed by atoms with Crippen molar-refractivity contribution in [2.75, 3.05) is 25.1 Å². The van der Waals surface area contributed by atoms with Crippen LogP contribution in [0.15, 0.2) is 41.5 Å². The molecule has 3 heterocycles. The fourth-order valence-electron chi connectivity index (χ4n) is 5.58. The molecule has 2 aliphatic rings. The van der Waals surface area contributed by atoms with Crippen LogP contribution in [0.1, 0.15) is 122 Å². The van der Waals surface area contributed by atoms with Gasteiger partial charge in [-0.25, -0.2) is 24.1 Å². The van der Waals surface area contributed by atoms with E-state index in [1.165, 1.54) is 38.3 Å². The Labute approximate surface area is 371 Å². The number of aromatic amines is 1. The molecule has 1 saturated heterocycles. The number of methoxy groups -OCH3 is 1. The van der Waals surface area contributed by atoms with E-state index in [9.17, 15) is 29.1 Å². The van der Waals surface area contributed by atoms with Gasteiger partial charge in [0.25, 0.3) is 5.56 Å². The summed E-state index contributed by atoms with van der Waals surface area (Å²) < 4.78 is 27.6. The number of hydrogen-bond acceptors (Lipinski definition) is 13. The van der Waals surface area contributed by atoms with Crippen LogP contribution in [0.25, 0.3) is 11.3 Å². The van der Waals surface area contributed by atoms with E-state index in [2.05, 4.69) is 20.4 Å². The molecule has 2 aromatic heterocycles. The zero-order chi connectivity index (χ0) is 45.9. The fraction of sp³-hybridized carbons (Fsp3) is 0.605. The number of nitrogens with one attached hydrogen (secondary N) is 2. The molecule has 1 aliphatic heterocycles. The lowest BCUT2D eigenvalue weighted by Crippen LogP contribution is -2.42. The summed E-state index contributed by atoms with van der Waals surface area (Å²) in [5.41, 5.74) is -2.89. The number of nitrogens with zero attached hydrogens (tertiary/aromatic N) is 5. The fourth-order valence-corrected chi connectivity index (χ4v) is 5.58. The Morgan fingerprint density at radius 2 is 1.35 bits per heavy atom. The van der Waals surface area contributed by atoms with Crippen molar-refractivity contribution in [2.24, 2.45) is 0 Å². The van der Waals surface area contributed by atoms with Crippen molar-refractivity contribution in [3.05, 3.63) is 47.0 Å². The van der Waals surface area contributed by atoms with Crippen LogP contribution in [-0.2, 0) is 18.9 Å². The van der Waals surface area contributed by atoms with Crippen molar-refractivity contribution < 1.29 is 48.0 Å². The molecule has 3 aromatic rings. The molecule has 3 amide bonds. The second-order valence-electron chi connectivity index (χ2n) is 18.5. The van der Waals surface area contributed by atoms with Gasteiger partial charge in [-0.15, -0.1) is 5.10 Å². The lowest BCUT2D eigenvalue weighted by molar-refractivity contribution is 0.0215. The molecule has 62 heavy (non-hydrogen) atoms. The highest BCUT2D eigenvalue weighted by atomic mass is 32.1. The van der Waals surface area contributed by atoms with Crippen LogP contribution in [0, 0.1) is 0 Å². The molecular formula is C43H67N7O11S. The summed E-state index contributed by atoms with van der Waals surface area (Å²) in [6.07, 6.45) is 6.93. The molecule has 0 spiro atoms. The maximum atomic E-state index is 13.2. The highest BCUT2D eigenvalue weighted by molar-refractivity contribution is 7.59. The molecular weight excluding hydrogens is 823 g/mol. The maximum absolute atomic E-state index is 13.2. The summed E-state index contributed by atoms with van der Waals surface area (Å²) >= 11 is 0. The Morgan fingerprint density at radius 3 is 1.85 bits per heavy atom. The summed E-state index contributed by atoms with van der Waals surface area (Å²) in [5.74, 6) is -0.130. The number of H-pyrrole nitrogens is 1. The van der Waals surface area contributed by atoms with Crippen molar-refractivity contribution in [1.82, 2.24) is 30.0 Å². The summed E-state index contributed by atoms with van der Waals surface area (Å²) in [6.45, 7) is 23.1. The average molecular weight is 890 g/mol. The van der Waals surface area contributed by atoms with Crippen LogP contribution in [0.3, 0.4) is 0 Å². The number of alkyl carbamates (subject to hydrolysis) is 1. The Hall–Kier alpha value is -5.46. The van der Waals surface area contributed by atoms with Gasteiger partial charge in [-0.3, -0.25) is 9.78 Å². The number of piperidine rings is 1. The number of carbonyl (C=O) groups excluding carboxylic acids is 4. The van der Waals surface area contributed by atoms with Gasteiger partial charge in [0.15, 0.2) is 5.82 Å². The summed E-state index contributed by atoms with van der Waals surface area (Å²) in [7, 11) is 1.40. The number of likely N-dealkylation sites (tertiary alicyclic amines) is 1. The van der Waals surface area contributed by atoms with Crippen LogP contribution in [0.5, 0.6) is 11.5 Å². The molecule has 0 atom stereocenters. The van der Waals surface area contributed by atoms with E-state index in [1.807, 2.05) is 41.5 Å². The van der Waals surface area contributed by atoms with E-state index >= 15 is 0 Å². The van der Waals surface area contributed by atoms with Gasteiger partial charge in [0.2, 0.25) is 0 Å². The Morgan fingerprint density at radius 1 is 0.790 bits per heavy atom. The number of amides is 3. The topological polar surface area (TPSA) is 217 Å². The van der Waals surface area contributed by atoms with Gasteiger partial charge in [0.05, 0.1) is 30.8 Å². The molecule has 5 rings (SSSR count). The van der Waals surface area contributed by atoms with E-state index < -0.39 is 28.9 Å². The molecule has 2 fully saturated rings. The van der Waals surface area contributed by atoms with Crippen LogP contribution in [-0.4, -0.2) is 103 Å². The number of benzene rings is 1. The Kier molecular flexibility index (Phi) is 18.7. The predicted molar refractivity (Wildman–Crippen MR) is 240 cm³/mol. The average Bonchev–Trinajstić information content (AvgIpc) is 3.52. The summed E-state index contributed by atoms with van der Waals surface area (Å²) in [6, 6.07) is 6.29. The maximum Gasteiger partial charge on any atom is 0.435 e. The lowest BCUT2D eigenvalue weighted by Gasteiger charge is -2.29. The Bertz CT molecular complexity index is 2020. The molecule has 0 unspecified atom stereocenters. The van der Waals surface area contributed by atoms with Crippen LogP contribution in [0.4, 0.5) is 30.8 Å². The van der Waals surface area contributed by atoms with E-state index in [-0.39, 0.29) is 71.3 Å². The number of aromatic nitrogens is 4. The first kappa shape index (κ1) is 52.7. The summed E-state index contributed by atoms with van der Waals surface area (Å²) in [4.78, 5) is 70.1. The predicted octanol–water partition coefficient (Wildman–Crippen LogP) is 8.79. The third-order valence-electron chi connectivity index (χ3n) is 8.26. The minimum Gasteiger partial charge on any atom is -0.507 e. The second kappa shape index (κ2) is 22.1. The highest BCUT2D eigenvalue weighted by Crippen LogP contribution is 2.40. The largest absolute Gasteiger partial charge is 0.507 e. The third-order valence-corrected chi connectivity index (χ3v) is 8.26. The standard InChI is InChI=1S/C24H29N5O7.C10H19NO2.C9H17NO2.H2S/c1-23(2,3)35-21(32)28(18-12-25-13-19(31)26-18)17-11-14(20-15(30)9-8-10-16(20)34-7)29(27-17)22(33)36-24(4,5)6;1-10(2,3)13-9(12)11-7-5-4-6-8-11;1-9(2,3)12-8(11)10-7-5-4-6-7;/h8-13,30H,1-7H3,(H,26,31);4-8H2,1-3H3;7H,4-6H2,1-3H3,(H,10,11);1H2. The van der Waals surface area contributed by atoms with Gasteiger partial charge in [-0.05, 0) is 134 Å². The second-order valence-corrected chi connectivity index (χ2v) is 18.5. The molecule has 1 saturated carbocycles. The van der Waals surface area contributed by atoms with E-state index in [0.717, 1.165) is 54.6 Å². The molecule has 1 aliphatic carbocycles. The van der Waals surface area contributed by atoms with Crippen LogP contribution < -0.4 is 20.5 Å². The number of hydrogen-bond donors (Lipinski definition) is 3. The van der Waals surface area contributed by atoms with E-state index in [1.54, 1.807) is 58.6 Å². The highest BCUT2D eigenvalue weighted by Gasteiger charge is 2.33. The van der Waals surface area contributed by atoms with Gasteiger partial charge >= 0.3 is 24.4 Å². The van der Waals surface area contributed by atoms with Gasteiger partial charge in [-0.2, -0.15) is 18.2 Å². The first-order valence-electron chi connectivity index (χ1n) is 20.4. The number of carbonyl (C=O) groups is 4. The van der Waals surface area contributed by atoms with Crippen molar-refractivity contribution in [2.45, 2.75) is 150 Å². The molecule has 19 heteroatoms. The van der Waals surface area contributed by atoms with Crippen LogP contribution in [0.2, 0.25) is 0 Å². The van der Waals surface area contributed by atoms with Gasteiger partial charge in [0, 0.05) is 25.2 Å². The number of phenolic OH excluding ortho intramolecular Hbond substituents is 1. The SMILES string of the molecule is CC(C)(C)OC(=O)N1CCCCC1.CC(C)(C)OC(=O)NC1CCC1.COc1cccc(O)c1-c1cc(N(C(=O)OC(C)(C)C)c2cncc(=O)[nH]2)nn1C(=O)OC(C)(C)C.S. The number of anilines is 2. The zero-order valence-corrected chi connectivity index (χ0v) is 39.5. The first-order chi connectivity index (χ1) is 28.2. The first-order valence-corrected chi connectivity index (χ1v) is 20.4. The minimum atomic E-state index is -0.894. The molecule has 346 valence electrons. The molecule has 1 aromatic carbocycles. The number of phenols is 1. The molecule has 18 nitrogen and oxygen atoms in total. The normalized spacial score (nSPS) is 14.2. The van der Waals surface area contributed by atoms with Gasteiger partial charge in [0.1, 0.15) is 39.7 Å². The summed E-state index contributed by atoms with van der Waals surface area (Å²) in [5, 5.41) is 17.7.